The van der Waals surface area contributed by atoms with Gasteiger partial charge in [-0.05, 0) is 31.1 Å². The Kier molecular flexibility index (Phi) is 7.89. The molecule has 0 saturated heterocycles. The van der Waals surface area contributed by atoms with Crippen LogP contribution in [0.3, 0.4) is 0 Å². The summed E-state index contributed by atoms with van der Waals surface area (Å²) in [4.78, 5) is 23.3. The molecular formula is C16H27NO3. The molecule has 0 aromatic rings. The van der Waals surface area contributed by atoms with Crippen LogP contribution in [0.15, 0.2) is 25.3 Å². The van der Waals surface area contributed by atoms with Gasteiger partial charge in [-0.15, -0.1) is 13.2 Å². The first-order valence-corrected chi connectivity index (χ1v) is 6.96. The van der Waals surface area contributed by atoms with Crippen LogP contribution in [0, 0.1) is 11.3 Å². The second kappa shape index (κ2) is 8.56. The second-order valence-electron chi connectivity index (χ2n) is 6.24. The average molecular weight is 281 g/mol. The number of hydrogen-bond acceptors (Lipinski definition) is 2. The number of carbonyl (C=O) groups is 2. The van der Waals surface area contributed by atoms with Crippen LogP contribution >= 0.6 is 0 Å². The number of rotatable bonds is 9. The zero-order valence-corrected chi connectivity index (χ0v) is 12.8. The van der Waals surface area contributed by atoms with Crippen molar-refractivity contribution in [3.05, 3.63) is 25.3 Å². The minimum Gasteiger partial charge on any atom is -0.480 e. The lowest BCUT2D eigenvalue weighted by Gasteiger charge is -2.23. The van der Waals surface area contributed by atoms with Crippen molar-refractivity contribution in [2.75, 3.05) is 0 Å². The van der Waals surface area contributed by atoms with E-state index in [1.165, 1.54) is 0 Å². The number of allylic oxidation sites excluding steroid dienone is 2. The van der Waals surface area contributed by atoms with Gasteiger partial charge in [-0.3, -0.25) is 4.79 Å². The normalized spacial score (nSPS) is 12.8. The molecule has 114 valence electrons. The van der Waals surface area contributed by atoms with Crippen molar-refractivity contribution in [3.63, 3.8) is 0 Å². The summed E-state index contributed by atoms with van der Waals surface area (Å²) in [6, 6.07) is -0.834. The predicted octanol–water partition coefficient (Wildman–Crippen LogP) is 3.15. The maximum absolute atomic E-state index is 12.1. The van der Waals surface area contributed by atoms with Crippen LogP contribution < -0.4 is 5.32 Å². The Bertz CT molecular complexity index is 345. The van der Waals surface area contributed by atoms with E-state index in [9.17, 15) is 14.7 Å². The highest BCUT2D eigenvalue weighted by Crippen LogP contribution is 2.22. The third-order valence-corrected chi connectivity index (χ3v) is 3.07. The Morgan fingerprint density at radius 3 is 2.05 bits per heavy atom. The van der Waals surface area contributed by atoms with Gasteiger partial charge in [-0.2, -0.15) is 0 Å². The maximum atomic E-state index is 12.1. The van der Waals surface area contributed by atoms with E-state index in [2.05, 4.69) is 18.5 Å². The molecule has 0 aliphatic carbocycles. The molecule has 4 heteroatoms. The lowest BCUT2D eigenvalue weighted by molar-refractivity contribution is -0.142. The molecule has 2 N–H and O–H groups in total. The molecule has 0 spiro atoms. The third-order valence-electron chi connectivity index (χ3n) is 3.07. The molecule has 0 radical (unpaired) electrons. The molecule has 20 heavy (non-hydrogen) atoms. The molecule has 0 bridgehead atoms. The van der Waals surface area contributed by atoms with Gasteiger partial charge in [0.1, 0.15) is 6.04 Å². The largest absolute Gasteiger partial charge is 0.480 e. The van der Waals surface area contributed by atoms with E-state index >= 15 is 0 Å². The smallest absolute Gasteiger partial charge is 0.326 e. The zero-order valence-electron chi connectivity index (χ0n) is 12.8. The van der Waals surface area contributed by atoms with Crippen molar-refractivity contribution in [2.45, 2.75) is 52.5 Å². The van der Waals surface area contributed by atoms with Crippen LogP contribution in [-0.2, 0) is 9.59 Å². The number of carboxylic acids is 1. The van der Waals surface area contributed by atoms with Crippen LogP contribution in [-0.4, -0.2) is 23.0 Å². The number of carboxylic acid groups (broad SMARTS) is 1. The van der Waals surface area contributed by atoms with Gasteiger partial charge in [0.2, 0.25) is 5.91 Å². The topological polar surface area (TPSA) is 66.4 Å². The number of amides is 1. The Balaban J connectivity index is 4.63. The lowest BCUT2D eigenvalue weighted by Crippen LogP contribution is -2.44. The summed E-state index contributed by atoms with van der Waals surface area (Å²) >= 11 is 0. The van der Waals surface area contributed by atoms with E-state index in [1.807, 2.05) is 20.8 Å². The highest BCUT2D eigenvalue weighted by atomic mass is 16.4. The van der Waals surface area contributed by atoms with Gasteiger partial charge in [0.15, 0.2) is 0 Å². The van der Waals surface area contributed by atoms with Crippen LogP contribution in [0.2, 0.25) is 0 Å². The highest BCUT2D eigenvalue weighted by Gasteiger charge is 2.25. The summed E-state index contributed by atoms with van der Waals surface area (Å²) in [6.07, 6.45) is 5.53. The number of carbonyl (C=O) groups excluding carboxylic acids is 1. The minimum absolute atomic E-state index is 0.0417. The summed E-state index contributed by atoms with van der Waals surface area (Å²) < 4.78 is 0. The SMILES string of the molecule is C=CCC(CC=C)C(=O)NC(CCC(C)(C)C)C(=O)O. The van der Waals surface area contributed by atoms with Crippen LogP contribution in [0.1, 0.15) is 46.5 Å². The Morgan fingerprint density at radius 2 is 1.70 bits per heavy atom. The van der Waals surface area contributed by atoms with Crippen molar-refractivity contribution in [1.82, 2.24) is 5.32 Å². The Hall–Kier alpha value is -1.58. The fraction of sp³-hybridized carbons (Fsp3) is 0.625. The van der Waals surface area contributed by atoms with Crippen molar-refractivity contribution in [1.29, 1.82) is 0 Å². The fourth-order valence-corrected chi connectivity index (χ4v) is 1.84. The van der Waals surface area contributed by atoms with Crippen molar-refractivity contribution >= 4 is 11.9 Å². The van der Waals surface area contributed by atoms with Crippen molar-refractivity contribution < 1.29 is 14.7 Å². The summed E-state index contributed by atoms with van der Waals surface area (Å²) in [5, 5.41) is 11.8. The quantitative estimate of drug-likeness (QED) is 0.638. The third kappa shape index (κ3) is 7.77. The van der Waals surface area contributed by atoms with E-state index in [0.29, 0.717) is 19.3 Å². The molecule has 0 saturated carbocycles. The van der Waals surface area contributed by atoms with Gasteiger partial charge < -0.3 is 10.4 Å². The van der Waals surface area contributed by atoms with E-state index < -0.39 is 12.0 Å². The molecule has 0 aliphatic heterocycles. The van der Waals surface area contributed by atoms with Gasteiger partial charge in [0.25, 0.3) is 0 Å². The summed E-state index contributed by atoms with van der Waals surface area (Å²) in [5.41, 5.74) is 0.0417. The number of nitrogens with one attached hydrogen (secondary N) is 1. The molecule has 1 unspecified atom stereocenters. The highest BCUT2D eigenvalue weighted by molar-refractivity contribution is 5.85. The summed E-state index contributed by atoms with van der Waals surface area (Å²) in [7, 11) is 0. The first-order chi connectivity index (χ1) is 9.21. The van der Waals surface area contributed by atoms with Gasteiger partial charge in [-0.1, -0.05) is 32.9 Å². The molecule has 4 nitrogen and oxygen atoms in total. The monoisotopic (exact) mass is 281 g/mol. The molecule has 0 rings (SSSR count). The van der Waals surface area contributed by atoms with E-state index in [0.717, 1.165) is 6.42 Å². The standard InChI is InChI=1S/C16H27NO3/c1-6-8-12(9-7-2)14(18)17-13(15(19)20)10-11-16(3,4)5/h6-7,12-13H,1-2,8-11H2,3-5H3,(H,17,18)(H,19,20). The second-order valence-corrected chi connectivity index (χ2v) is 6.24. The van der Waals surface area contributed by atoms with Gasteiger partial charge >= 0.3 is 5.97 Å². The fourth-order valence-electron chi connectivity index (χ4n) is 1.84. The predicted molar refractivity (Wildman–Crippen MR) is 81.4 cm³/mol. The minimum atomic E-state index is -0.987. The number of hydrogen-bond donors (Lipinski definition) is 2. The van der Waals surface area contributed by atoms with E-state index in [4.69, 9.17) is 0 Å². The first kappa shape index (κ1) is 18.4. The molecule has 1 amide bonds. The zero-order chi connectivity index (χ0) is 15.8. The Labute approximate surface area is 122 Å². The first-order valence-electron chi connectivity index (χ1n) is 6.96. The van der Waals surface area contributed by atoms with Crippen molar-refractivity contribution in [3.8, 4) is 0 Å². The molecule has 0 fully saturated rings. The molecule has 0 aromatic heterocycles. The molecule has 0 aliphatic rings. The summed E-state index contributed by atoms with van der Waals surface area (Å²) in [6.45, 7) is 13.4. The van der Waals surface area contributed by atoms with Crippen LogP contribution in [0.25, 0.3) is 0 Å². The van der Waals surface area contributed by atoms with Gasteiger partial charge in [0, 0.05) is 5.92 Å². The average Bonchev–Trinajstić information content (AvgIpc) is 2.32. The van der Waals surface area contributed by atoms with Crippen molar-refractivity contribution in [2.24, 2.45) is 11.3 Å². The van der Waals surface area contributed by atoms with Crippen LogP contribution in [0.4, 0.5) is 0 Å². The molecule has 0 heterocycles. The molecular weight excluding hydrogens is 254 g/mol. The van der Waals surface area contributed by atoms with E-state index in [-0.39, 0.29) is 17.2 Å². The summed E-state index contributed by atoms with van der Waals surface area (Å²) in [5.74, 6) is -1.52. The van der Waals surface area contributed by atoms with E-state index in [1.54, 1.807) is 12.2 Å². The molecule has 0 aromatic carbocycles. The maximum Gasteiger partial charge on any atom is 0.326 e. The van der Waals surface area contributed by atoms with Gasteiger partial charge in [-0.25, -0.2) is 4.79 Å². The van der Waals surface area contributed by atoms with Crippen LogP contribution in [0.5, 0.6) is 0 Å². The Morgan fingerprint density at radius 1 is 1.20 bits per heavy atom. The van der Waals surface area contributed by atoms with Gasteiger partial charge in [0.05, 0.1) is 0 Å². The molecule has 1 atom stereocenters. The number of aliphatic carboxylic acids is 1. The lowest BCUT2D eigenvalue weighted by atomic mass is 9.88.